The standard InChI is InChI=1S/C13H10BrFN2O/c14-9-1-4-12(16-8-9)7-13(18)17-11-5-2-10(15)3-6-11/h1-6,8H,7H2,(H,17,18). The van der Waals surface area contributed by atoms with Gasteiger partial charge in [-0.3, -0.25) is 9.78 Å². The summed E-state index contributed by atoms with van der Waals surface area (Å²) in [7, 11) is 0. The topological polar surface area (TPSA) is 42.0 Å². The minimum absolute atomic E-state index is 0.184. The fourth-order valence-corrected chi connectivity index (χ4v) is 1.65. The predicted molar refractivity (Wildman–Crippen MR) is 70.7 cm³/mol. The molecule has 0 saturated carbocycles. The molecule has 0 atom stereocenters. The number of rotatable bonds is 3. The van der Waals surface area contributed by atoms with Gasteiger partial charge in [0.25, 0.3) is 0 Å². The molecule has 0 aliphatic heterocycles. The summed E-state index contributed by atoms with van der Waals surface area (Å²) in [4.78, 5) is 15.8. The Bertz CT molecular complexity index is 490. The SMILES string of the molecule is O=C(Cc1ccc(Br)cn1)Nc1ccc(F)cc1. The van der Waals surface area contributed by atoms with Crippen LogP contribution < -0.4 is 5.32 Å². The summed E-state index contributed by atoms with van der Waals surface area (Å²) in [5, 5.41) is 2.67. The molecular formula is C13H10BrFN2O. The zero-order valence-electron chi connectivity index (χ0n) is 9.36. The summed E-state index contributed by atoms with van der Waals surface area (Å²) in [5.74, 6) is -0.515. The van der Waals surface area contributed by atoms with Crippen LogP contribution in [0.5, 0.6) is 0 Å². The lowest BCUT2D eigenvalue weighted by Crippen LogP contribution is -2.15. The van der Waals surface area contributed by atoms with Crippen LogP contribution in [0.1, 0.15) is 5.69 Å². The molecule has 1 N–H and O–H groups in total. The lowest BCUT2D eigenvalue weighted by molar-refractivity contribution is -0.115. The van der Waals surface area contributed by atoms with Gasteiger partial charge in [-0.15, -0.1) is 0 Å². The number of carbonyl (C=O) groups excluding carboxylic acids is 1. The molecule has 0 saturated heterocycles. The van der Waals surface area contributed by atoms with E-state index in [0.717, 1.165) is 4.47 Å². The predicted octanol–water partition coefficient (Wildman–Crippen LogP) is 3.16. The highest BCUT2D eigenvalue weighted by molar-refractivity contribution is 9.10. The number of halogens is 2. The maximum Gasteiger partial charge on any atom is 0.230 e. The summed E-state index contributed by atoms with van der Waals surface area (Å²) in [5.41, 5.74) is 1.25. The van der Waals surface area contributed by atoms with Gasteiger partial charge in [0.05, 0.1) is 6.42 Å². The summed E-state index contributed by atoms with van der Waals surface area (Å²) in [6.07, 6.45) is 1.82. The van der Waals surface area contributed by atoms with E-state index in [1.165, 1.54) is 24.3 Å². The Morgan fingerprint density at radius 1 is 1.22 bits per heavy atom. The minimum Gasteiger partial charge on any atom is -0.326 e. The van der Waals surface area contributed by atoms with Crippen LogP contribution in [-0.4, -0.2) is 10.9 Å². The largest absolute Gasteiger partial charge is 0.326 e. The lowest BCUT2D eigenvalue weighted by Gasteiger charge is -2.04. The quantitative estimate of drug-likeness (QED) is 0.946. The molecule has 0 radical (unpaired) electrons. The average Bonchev–Trinajstić information content (AvgIpc) is 2.35. The van der Waals surface area contributed by atoms with Gasteiger partial charge in [0.1, 0.15) is 5.82 Å². The Kier molecular flexibility index (Phi) is 4.04. The number of anilines is 1. The molecule has 1 aromatic carbocycles. The van der Waals surface area contributed by atoms with E-state index >= 15 is 0 Å². The minimum atomic E-state index is -0.331. The summed E-state index contributed by atoms with van der Waals surface area (Å²) in [6.45, 7) is 0. The molecule has 2 aromatic rings. The van der Waals surface area contributed by atoms with Crippen molar-refractivity contribution in [3.05, 3.63) is 58.6 Å². The summed E-state index contributed by atoms with van der Waals surface area (Å²) >= 11 is 3.27. The molecule has 3 nitrogen and oxygen atoms in total. The van der Waals surface area contributed by atoms with E-state index < -0.39 is 0 Å². The van der Waals surface area contributed by atoms with Gasteiger partial charge < -0.3 is 5.32 Å². The molecule has 0 aliphatic rings. The fourth-order valence-electron chi connectivity index (χ4n) is 1.41. The number of amides is 1. The number of hydrogen-bond acceptors (Lipinski definition) is 2. The number of nitrogens with zero attached hydrogens (tertiary/aromatic N) is 1. The number of benzene rings is 1. The average molecular weight is 309 g/mol. The van der Waals surface area contributed by atoms with E-state index in [9.17, 15) is 9.18 Å². The van der Waals surface area contributed by atoms with Crippen LogP contribution in [0, 0.1) is 5.82 Å². The van der Waals surface area contributed by atoms with Crippen molar-refractivity contribution in [2.24, 2.45) is 0 Å². The van der Waals surface area contributed by atoms with Crippen molar-refractivity contribution in [1.29, 1.82) is 0 Å². The van der Waals surface area contributed by atoms with Crippen LogP contribution in [0.3, 0.4) is 0 Å². The first kappa shape index (κ1) is 12.7. The molecule has 0 aliphatic carbocycles. The normalized spacial score (nSPS) is 10.1. The first-order valence-electron chi connectivity index (χ1n) is 5.29. The van der Waals surface area contributed by atoms with Gasteiger partial charge in [-0.05, 0) is 52.3 Å². The second kappa shape index (κ2) is 5.73. The van der Waals surface area contributed by atoms with Gasteiger partial charge in [0.2, 0.25) is 5.91 Å². The Morgan fingerprint density at radius 3 is 2.56 bits per heavy atom. The first-order chi connectivity index (χ1) is 8.63. The monoisotopic (exact) mass is 308 g/mol. The molecule has 5 heteroatoms. The maximum absolute atomic E-state index is 12.7. The fraction of sp³-hybridized carbons (Fsp3) is 0.0769. The molecule has 1 heterocycles. The second-order valence-electron chi connectivity index (χ2n) is 3.70. The van der Waals surface area contributed by atoms with E-state index in [-0.39, 0.29) is 18.1 Å². The number of nitrogens with one attached hydrogen (secondary N) is 1. The third kappa shape index (κ3) is 3.63. The Labute approximate surface area is 112 Å². The highest BCUT2D eigenvalue weighted by Crippen LogP contribution is 2.10. The van der Waals surface area contributed by atoms with Crippen molar-refractivity contribution in [3.63, 3.8) is 0 Å². The van der Waals surface area contributed by atoms with Crippen molar-refractivity contribution < 1.29 is 9.18 Å². The van der Waals surface area contributed by atoms with Crippen molar-refractivity contribution in [2.75, 3.05) is 5.32 Å². The summed E-state index contributed by atoms with van der Waals surface area (Å²) < 4.78 is 13.5. The zero-order valence-corrected chi connectivity index (χ0v) is 10.9. The van der Waals surface area contributed by atoms with Crippen LogP contribution in [0.25, 0.3) is 0 Å². The summed E-state index contributed by atoms with van der Waals surface area (Å²) in [6, 6.07) is 9.23. The van der Waals surface area contributed by atoms with Crippen LogP contribution in [0.4, 0.5) is 10.1 Å². The van der Waals surface area contributed by atoms with E-state index in [4.69, 9.17) is 0 Å². The van der Waals surface area contributed by atoms with E-state index in [0.29, 0.717) is 11.4 Å². The number of pyridine rings is 1. The van der Waals surface area contributed by atoms with Gasteiger partial charge in [0.15, 0.2) is 0 Å². The highest BCUT2D eigenvalue weighted by Gasteiger charge is 2.05. The smallest absolute Gasteiger partial charge is 0.230 e. The van der Waals surface area contributed by atoms with Crippen molar-refractivity contribution in [1.82, 2.24) is 4.98 Å². The van der Waals surface area contributed by atoms with Crippen molar-refractivity contribution in [2.45, 2.75) is 6.42 Å². The zero-order chi connectivity index (χ0) is 13.0. The molecule has 2 rings (SSSR count). The first-order valence-corrected chi connectivity index (χ1v) is 6.08. The Balaban J connectivity index is 1.96. The van der Waals surface area contributed by atoms with Crippen LogP contribution in [0.2, 0.25) is 0 Å². The molecule has 0 fully saturated rings. The number of carbonyl (C=O) groups is 1. The van der Waals surface area contributed by atoms with Crippen LogP contribution in [0.15, 0.2) is 47.1 Å². The molecular weight excluding hydrogens is 299 g/mol. The van der Waals surface area contributed by atoms with Gasteiger partial charge >= 0.3 is 0 Å². The molecule has 0 unspecified atom stereocenters. The van der Waals surface area contributed by atoms with E-state index in [2.05, 4.69) is 26.2 Å². The van der Waals surface area contributed by atoms with E-state index in [1.807, 2.05) is 6.07 Å². The maximum atomic E-state index is 12.7. The van der Waals surface area contributed by atoms with Gasteiger partial charge in [-0.1, -0.05) is 0 Å². The number of hydrogen-bond donors (Lipinski definition) is 1. The Morgan fingerprint density at radius 2 is 1.94 bits per heavy atom. The van der Waals surface area contributed by atoms with Gasteiger partial charge in [-0.2, -0.15) is 0 Å². The van der Waals surface area contributed by atoms with Crippen LogP contribution >= 0.6 is 15.9 Å². The number of aromatic nitrogens is 1. The molecule has 92 valence electrons. The van der Waals surface area contributed by atoms with E-state index in [1.54, 1.807) is 12.3 Å². The molecule has 18 heavy (non-hydrogen) atoms. The molecule has 1 aromatic heterocycles. The van der Waals surface area contributed by atoms with Gasteiger partial charge in [-0.25, -0.2) is 4.39 Å². The van der Waals surface area contributed by atoms with Crippen LogP contribution in [-0.2, 0) is 11.2 Å². The highest BCUT2D eigenvalue weighted by atomic mass is 79.9. The third-order valence-corrected chi connectivity index (χ3v) is 2.73. The van der Waals surface area contributed by atoms with Crippen molar-refractivity contribution in [3.8, 4) is 0 Å². The second-order valence-corrected chi connectivity index (χ2v) is 4.62. The molecule has 0 bridgehead atoms. The lowest BCUT2D eigenvalue weighted by atomic mass is 10.2. The molecule has 0 spiro atoms. The van der Waals surface area contributed by atoms with Crippen molar-refractivity contribution >= 4 is 27.5 Å². The third-order valence-electron chi connectivity index (χ3n) is 2.26. The van der Waals surface area contributed by atoms with Gasteiger partial charge in [0, 0.05) is 22.1 Å². The Hall–Kier alpha value is -1.75. The molecule has 1 amide bonds.